The third-order valence-corrected chi connectivity index (χ3v) is 5.00. The SMILES string of the molecule is CC(=O)O[C@H]1C[C@@H]2C[C@@H]1[C@@H]1[C@@H]2C[C@H]2O[C@H]12. The number of hydrogen-bond donors (Lipinski definition) is 0. The molecule has 0 unspecified atom stereocenters. The van der Waals surface area contributed by atoms with E-state index in [0.29, 0.717) is 18.1 Å². The standard InChI is InChI=1S/C12H16O3/c1-5(13)14-9-3-6-2-8(9)11-7(6)4-10-12(11)15-10/h6-12H,2-4H2,1H3/t6-,7+,8-,9-,10+,11-,12-/m0/s1. The van der Waals surface area contributed by atoms with Gasteiger partial charge in [0.25, 0.3) is 0 Å². The molecular weight excluding hydrogens is 192 g/mol. The van der Waals surface area contributed by atoms with Crippen molar-refractivity contribution >= 4 is 5.97 Å². The van der Waals surface area contributed by atoms with E-state index in [-0.39, 0.29) is 12.1 Å². The monoisotopic (exact) mass is 208 g/mol. The molecule has 7 atom stereocenters. The third kappa shape index (κ3) is 1.02. The lowest BCUT2D eigenvalue weighted by Gasteiger charge is -2.31. The maximum Gasteiger partial charge on any atom is 0.302 e. The first-order valence-electron chi connectivity index (χ1n) is 6.06. The fraction of sp³-hybridized carbons (Fsp3) is 0.917. The minimum atomic E-state index is -0.115. The van der Waals surface area contributed by atoms with Crippen LogP contribution in [0.15, 0.2) is 0 Å². The van der Waals surface area contributed by atoms with Gasteiger partial charge in [-0.15, -0.1) is 0 Å². The van der Waals surface area contributed by atoms with Gasteiger partial charge in [-0.1, -0.05) is 0 Å². The van der Waals surface area contributed by atoms with Crippen molar-refractivity contribution in [2.45, 2.75) is 44.5 Å². The van der Waals surface area contributed by atoms with Gasteiger partial charge < -0.3 is 9.47 Å². The largest absolute Gasteiger partial charge is 0.462 e. The van der Waals surface area contributed by atoms with Crippen molar-refractivity contribution in [3.63, 3.8) is 0 Å². The van der Waals surface area contributed by atoms with Gasteiger partial charge in [-0.25, -0.2) is 0 Å². The minimum Gasteiger partial charge on any atom is -0.462 e. The fourth-order valence-corrected chi connectivity index (χ4v) is 4.60. The molecule has 0 radical (unpaired) electrons. The molecule has 0 aromatic carbocycles. The number of rotatable bonds is 1. The molecule has 1 heterocycles. The molecule has 3 saturated carbocycles. The van der Waals surface area contributed by atoms with Gasteiger partial charge in [0.1, 0.15) is 6.10 Å². The zero-order valence-corrected chi connectivity index (χ0v) is 8.89. The van der Waals surface area contributed by atoms with Gasteiger partial charge in [0.05, 0.1) is 12.2 Å². The molecule has 1 saturated heterocycles. The molecular formula is C12H16O3. The van der Waals surface area contributed by atoms with E-state index in [0.717, 1.165) is 24.2 Å². The quantitative estimate of drug-likeness (QED) is 0.482. The molecule has 3 nitrogen and oxygen atoms in total. The molecule has 0 aromatic heterocycles. The summed E-state index contributed by atoms with van der Waals surface area (Å²) in [5.74, 6) is 2.93. The first kappa shape index (κ1) is 8.57. The van der Waals surface area contributed by atoms with E-state index < -0.39 is 0 Å². The highest BCUT2D eigenvalue weighted by Crippen LogP contribution is 2.64. The van der Waals surface area contributed by atoms with Gasteiger partial charge in [-0.3, -0.25) is 4.79 Å². The van der Waals surface area contributed by atoms with Crippen molar-refractivity contribution in [1.29, 1.82) is 0 Å². The topological polar surface area (TPSA) is 38.8 Å². The number of ether oxygens (including phenoxy) is 2. The third-order valence-electron chi connectivity index (χ3n) is 5.00. The van der Waals surface area contributed by atoms with E-state index in [1.807, 2.05) is 0 Å². The summed E-state index contributed by atoms with van der Waals surface area (Å²) in [5.41, 5.74) is 0. The van der Waals surface area contributed by atoms with Crippen LogP contribution in [0.2, 0.25) is 0 Å². The molecule has 0 N–H and O–H groups in total. The number of esters is 1. The Morgan fingerprint density at radius 2 is 2.13 bits per heavy atom. The van der Waals surface area contributed by atoms with E-state index in [9.17, 15) is 4.79 Å². The molecule has 15 heavy (non-hydrogen) atoms. The predicted octanol–water partition coefficient (Wildman–Crippen LogP) is 1.36. The van der Waals surface area contributed by atoms with E-state index in [4.69, 9.17) is 9.47 Å². The first-order chi connectivity index (χ1) is 7.24. The van der Waals surface area contributed by atoms with E-state index >= 15 is 0 Å². The van der Waals surface area contributed by atoms with Gasteiger partial charge in [-0.2, -0.15) is 0 Å². The second-order valence-electron chi connectivity index (χ2n) is 5.66. The molecule has 4 fully saturated rings. The molecule has 0 spiro atoms. The highest BCUT2D eigenvalue weighted by Gasteiger charge is 2.67. The molecule has 3 heteroatoms. The second-order valence-corrected chi connectivity index (χ2v) is 5.66. The summed E-state index contributed by atoms with van der Waals surface area (Å²) < 4.78 is 11.1. The van der Waals surface area contributed by atoms with E-state index in [2.05, 4.69) is 0 Å². The van der Waals surface area contributed by atoms with E-state index in [1.165, 1.54) is 19.8 Å². The lowest BCUT2D eigenvalue weighted by Crippen LogP contribution is -2.34. The van der Waals surface area contributed by atoms with Gasteiger partial charge in [0.2, 0.25) is 0 Å². The second kappa shape index (κ2) is 2.57. The Morgan fingerprint density at radius 1 is 1.27 bits per heavy atom. The summed E-state index contributed by atoms with van der Waals surface area (Å²) >= 11 is 0. The molecule has 82 valence electrons. The molecule has 4 rings (SSSR count). The summed E-state index contributed by atoms with van der Waals surface area (Å²) in [5, 5.41) is 0. The Hall–Kier alpha value is -0.570. The number of carbonyl (C=O) groups excluding carboxylic acids is 1. The van der Waals surface area contributed by atoms with Crippen LogP contribution in [0, 0.1) is 23.7 Å². The number of fused-ring (bicyclic) bond motifs is 7. The summed E-state index contributed by atoms with van der Waals surface area (Å²) in [6.07, 6.45) is 4.98. The maximum atomic E-state index is 11.0. The molecule has 0 aromatic rings. The lowest BCUT2D eigenvalue weighted by atomic mass is 9.79. The zero-order chi connectivity index (χ0) is 10.2. The Bertz CT molecular complexity index is 327. The minimum absolute atomic E-state index is 0.115. The van der Waals surface area contributed by atoms with Crippen LogP contribution < -0.4 is 0 Å². The predicted molar refractivity (Wildman–Crippen MR) is 52.0 cm³/mol. The first-order valence-corrected chi connectivity index (χ1v) is 6.06. The van der Waals surface area contributed by atoms with Gasteiger partial charge >= 0.3 is 5.97 Å². The average Bonchev–Trinajstić information content (AvgIpc) is 2.58. The maximum absolute atomic E-state index is 11.0. The van der Waals surface area contributed by atoms with Crippen molar-refractivity contribution in [2.24, 2.45) is 23.7 Å². The smallest absolute Gasteiger partial charge is 0.302 e. The Labute approximate surface area is 89.1 Å². The van der Waals surface area contributed by atoms with Crippen molar-refractivity contribution < 1.29 is 14.3 Å². The number of carbonyl (C=O) groups is 1. The summed E-state index contributed by atoms with van der Waals surface area (Å²) in [6.45, 7) is 1.52. The zero-order valence-electron chi connectivity index (χ0n) is 8.89. The summed E-state index contributed by atoms with van der Waals surface area (Å²) in [7, 11) is 0. The van der Waals surface area contributed by atoms with Crippen LogP contribution in [-0.2, 0) is 14.3 Å². The van der Waals surface area contributed by atoms with Crippen molar-refractivity contribution in [1.82, 2.24) is 0 Å². The number of epoxide rings is 1. The van der Waals surface area contributed by atoms with Crippen LogP contribution in [0.1, 0.15) is 26.2 Å². The van der Waals surface area contributed by atoms with Crippen LogP contribution in [0.25, 0.3) is 0 Å². The van der Waals surface area contributed by atoms with E-state index in [1.54, 1.807) is 0 Å². The normalized spacial score (nSPS) is 58.9. The molecule has 4 aliphatic rings. The molecule has 2 bridgehead atoms. The molecule has 3 aliphatic carbocycles. The Balaban J connectivity index is 1.57. The molecule has 1 aliphatic heterocycles. The molecule has 0 amide bonds. The summed E-state index contributed by atoms with van der Waals surface area (Å²) in [4.78, 5) is 11.0. The van der Waals surface area contributed by atoms with Crippen LogP contribution in [0.5, 0.6) is 0 Å². The van der Waals surface area contributed by atoms with Gasteiger partial charge in [-0.05, 0) is 37.0 Å². The van der Waals surface area contributed by atoms with Gasteiger partial charge in [0, 0.05) is 12.8 Å². The van der Waals surface area contributed by atoms with Crippen LogP contribution >= 0.6 is 0 Å². The number of hydrogen-bond acceptors (Lipinski definition) is 3. The fourth-order valence-electron chi connectivity index (χ4n) is 4.60. The van der Waals surface area contributed by atoms with Crippen molar-refractivity contribution in [3.05, 3.63) is 0 Å². The van der Waals surface area contributed by atoms with Crippen molar-refractivity contribution in [2.75, 3.05) is 0 Å². The Kier molecular flexibility index (Phi) is 1.47. The highest BCUT2D eigenvalue weighted by molar-refractivity contribution is 5.66. The average molecular weight is 208 g/mol. The van der Waals surface area contributed by atoms with Crippen molar-refractivity contribution in [3.8, 4) is 0 Å². The van der Waals surface area contributed by atoms with Crippen LogP contribution in [0.3, 0.4) is 0 Å². The Morgan fingerprint density at radius 3 is 2.93 bits per heavy atom. The van der Waals surface area contributed by atoms with Crippen LogP contribution in [0.4, 0.5) is 0 Å². The highest BCUT2D eigenvalue weighted by atomic mass is 16.6. The van der Waals surface area contributed by atoms with Gasteiger partial charge in [0.15, 0.2) is 0 Å². The summed E-state index contributed by atoms with van der Waals surface area (Å²) in [6, 6.07) is 0. The lowest BCUT2D eigenvalue weighted by molar-refractivity contribution is -0.150. The van der Waals surface area contributed by atoms with Crippen LogP contribution in [-0.4, -0.2) is 24.3 Å².